The van der Waals surface area contributed by atoms with Crippen LogP contribution in [0.4, 0.5) is 0 Å². The van der Waals surface area contributed by atoms with E-state index >= 15 is 0 Å². The maximum atomic E-state index is 12.1. The molecule has 0 bridgehead atoms. The standard InChI is InChI=1S/C14H18N4O/c19-14-6-11(5-9-3-4-15-8-9)16-13-7-12(10-1-2-10)17-18(13)14/h6-7,9-10,15,17H,1-5,8H2. The first-order chi connectivity index (χ1) is 9.29. The van der Waals surface area contributed by atoms with Crippen LogP contribution in [0.1, 0.15) is 36.6 Å². The Morgan fingerprint density at radius 1 is 1.32 bits per heavy atom. The second-order valence-electron chi connectivity index (χ2n) is 5.83. The van der Waals surface area contributed by atoms with Crippen LogP contribution in [0.25, 0.3) is 5.65 Å². The number of nitrogens with one attached hydrogen (secondary N) is 2. The second kappa shape index (κ2) is 4.20. The fraction of sp³-hybridized carbons (Fsp3) is 0.571. The van der Waals surface area contributed by atoms with Crippen LogP contribution in [-0.4, -0.2) is 27.7 Å². The fourth-order valence-corrected chi connectivity index (χ4v) is 2.95. The van der Waals surface area contributed by atoms with Crippen molar-refractivity contribution in [3.63, 3.8) is 0 Å². The largest absolute Gasteiger partial charge is 0.316 e. The first-order valence-corrected chi connectivity index (χ1v) is 7.12. The van der Waals surface area contributed by atoms with E-state index in [1.807, 2.05) is 6.07 Å². The Bertz CT molecular complexity index is 662. The van der Waals surface area contributed by atoms with Gasteiger partial charge in [0.15, 0.2) is 5.65 Å². The predicted molar refractivity (Wildman–Crippen MR) is 72.5 cm³/mol. The van der Waals surface area contributed by atoms with E-state index in [0.717, 1.165) is 36.5 Å². The fourth-order valence-electron chi connectivity index (χ4n) is 2.95. The van der Waals surface area contributed by atoms with Crippen molar-refractivity contribution in [3.05, 3.63) is 33.9 Å². The zero-order valence-electron chi connectivity index (χ0n) is 10.9. The molecule has 2 aromatic rings. The topological polar surface area (TPSA) is 62.2 Å². The molecule has 2 aliphatic rings. The molecular weight excluding hydrogens is 240 g/mol. The first-order valence-electron chi connectivity index (χ1n) is 7.12. The Hall–Kier alpha value is -1.62. The molecule has 0 aromatic carbocycles. The Balaban J connectivity index is 1.69. The molecule has 1 saturated heterocycles. The smallest absolute Gasteiger partial charge is 0.272 e. The molecule has 19 heavy (non-hydrogen) atoms. The monoisotopic (exact) mass is 258 g/mol. The molecule has 2 N–H and O–H groups in total. The van der Waals surface area contributed by atoms with Crippen molar-refractivity contribution in [1.29, 1.82) is 0 Å². The predicted octanol–water partition coefficient (Wildman–Crippen LogP) is 1.05. The van der Waals surface area contributed by atoms with Gasteiger partial charge < -0.3 is 5.32 Å². The molecule has 1 atom stereocenters. The van der Waals surface area contributed by atoms with Gasteiger partial charge in [0.2, 0.25) is 0 Å². The van der Waals surface area contributed by atoms with Crippen molar-refractivity contribution in [2.45, 2.75) is 31.6 Å². The molecule has 2 fully saturated rings. The van der Waals surface area contributed by atoms with Gasteiger partial charge in [-0.25, -0.2) is 9.50 Å². The Morgan fingerprint density at radius 3 is 2.95 bits per heavy atom. The van der Waals surface area contributed by atoms with Crippen LogP contribution in [-0.2, 0) is 6.42 Å². The minimum absolute atomic E-state index is 0.0119. The number of fused-ring (bicyclic) bond motifs is 1. The summed E-state index contributed by atoms with van der Waals surface area (Å²) in [6.45, 7) is 2.13. The molecule has 2 aromatic heterocycles. The van der Waals surface area contributed by atoms with Gasteiger partial charge in [-0.3, -0.25) is 9.89 Å². The van der Waals surface area contributed by atoms with Crippen LogP contribution >= 0.6 is 0 Å². The summed E-state index contributed by atoms with van der Waals surface area (Å²) in [5.74, 6) is 1.24. The van der Waals surface area contributed by atoms with Gasteiger partial charge >= 0.3 is 0 Å². The lowest BCUT2D eigenvalue weighted by Gasteiger charge is -2.06. The molecule has 1 saturated carbocycles. The van der Waals surface area contributed by atoms with Gasteiger partial charge in [0.1, 0.15) is 0 Å². The zero-order chi connectivity index (χ0) is 12.8. The van der Waals surface area contributed by atoms with Gasteiger partial charge in [-0.1, -0.05) is 0 Å². The molecular formula is C14H18N4O. The quantitative estimate of drug-likeness (QED) is 0.865. The van der Waals surface area contributed by atoms with Crippen molar-refractivity contribution in [2.24, 2.45) is 5.92 Å². The third kappa shape index (κ3) is 2.08. The molecule has 0 radical (unpaired) electrons. The Labute approximate surface area is 111 Å². The molecule has 3 heterocycles. The van der Waals surface area contributed by atoms with E-state index in [1.165, 1.54) is 19.3 Å². The van der Waals surface area contributed by atoms with Crippen LogP contribution in [0.15, 0.2) is 16.9 Å². The summed E-state index contributed by atoms with van der Waals surface area (Å²) in [5.41, 5.74) is 2.87. The minimum atomic E-state index is 0.0119. The number of rotatable bonds is 3. The summed E-state index contributed by atoms with van der Waals surface area (Å²) in [6, 6.07) is 3.72. The SMILES string of the molecule is O=c1cc(CC2CCNC2)nc2cc(C3CC3)[nH]n12. The number of hydrogen-bond acceptors (Lipinski definition) is 3. The van der Waals surface area contributed by atoms with Crippen molar-refractivity contribution < 1.29 is 0 Å². The van der Waals surface area contributed by atoms with Gasteiger partial charge in [-0.05, 0) is 44.7 Å². The maximum absolute atomic E-state index is 12.1. The van der Waals surface area contributed by atoms with Crippen LogP contribution in [0.5, 0.6) is 0 Å². The first kappa shape index (κ1) is 11.2. The number of H-pyrrole nitrogens is 1. The van der Waals surface area contributed by atoms with Gasteiger partial charge in [-0.2, -0.15) is 0 Å². The molecule has 1 unspecified atom stereocenters. The molecule has 0 spiro atoms. The lowest BCUT2D eigenvalue weighted by molar-refractivity contribution is 0.571. The highest BCUT2D eigenvalue weighted by atomic mass is 16.1. The van der Waals surface area contributed by atoms with Crippen molar-refractivity contribution in [1.82, 2.24) is 19.9 Å². The molecule has 5 nitrogen and oxygen atoms in total. The molecule has 100 valence electrons. The van der Waals surface area contributed by atoms with Gasteiger partial charge in [0, 0.05) is 29.4 Å². The third-order valence-corrected chi connectivity index (χ3v) is 4.20. The number of nitrogens with zero attached hydrogens (tertiary/aromatic N) is 2. The lowest BCUT2D eigenvalue weighted by atomic mass is 10.0. The maximum Gasteiger partial charge on any atom is 0.272 e. The number of aromatic nitrogens is 3. The van der Waals surface area contributed by atoms with Crippen LogP contribution in [0.3, 0.4) is 0 Å². The highest BCUT2D eigenvalue weighted by Crippen LogP contribution is 2.39. The Kier molecular flexibility index (Phi) is 2.48. The number of hydrogen-bond donors (Lipinski definition) is 2. The normalized spacial score (nSPS) is 23.3. The van der Waals surface area contributed by atoms with E-state index < -0.39 is 0 Å². The second-order valence-corrected chi connectivity index (χ2v) is 5.83. The molecule has 1 aliphatic carbocycles. The summed E-state index contributed by atoms with van der Waals surface area (Å²) >= 11 is 0. The molecule has 0 amide bonds. The average Bonchev–Trinajstić information content (AvgIpc) is 2.94. The van der Waals surface area contributed by atoms with Crippen molar-refractivity contribution in [3.8, 4) is 0 Å². The average molecular weight is 258 g/mol. The van der Waals surface area contributed by atoms with Gasteiger partial charge in [0.05, 0.1) is 0 Å². The van der Waals surface area contributed by atoms with E-state index in [-0.39, 0.29) is 5.56 Å². The van der Waals surface area contributed by atoms with Gasteiger partial charge in [0.25, 0.3) is 5.56 Å². The highest BCUT2D eigenvalue weighted by Gasteiger charge is 2.26. The zero-order valence-corrected chi connectivity index (χ0v) is 10.9. The number of aromatic amines is 1. The van der Waals surface area contributed by atoms with E-state index in [2.05, 4.69) is 15.4 Å². The molecule has 4 rings (SSSR count). The van der Waals surface area contributed by atoms with Crippen molar-refractivity contribution >= 4 is 5.65 Å². The summed E-state index contributed by atoms with van der Waals surface area (Å²) in [4.78, 5) is 16.7. The minimum Gasteiger partial charge on any atom is -0.316 e. The summed E-state index contributed by atoms with van der Waals surface area (Å²) in [6.07, 6.45) is 4.54. The summed E-state index contributed by atoms with van der Waals surface area (Å²) in [7, 11) is 0. The lowest BCUT2D eigenvalue weighted by Crippen LogP contribution is -2.18. The third-order valence-electron chi connectivity index (χ3n) is 4.20. The van der Waals surface area contributed by atoms with Gasteiger partial charge in [-0.15, -0.1) is 0 Å². The van der Waals surface area contributed by atoms with E-state index in [0.29, 0.717) is 11.8 Å². The Morgan fingerprint density at radius 2 is 2.21 bits per heavy atom. The van der Waals surface area contributed by atoms with E-state index in [9.17, 15) is 4.79 Å². The highest BCUT2D eigenvalue weighted by molar-refractivity contribution is 5.41. The van der Waals surface area contributed by atoms with E-state index in [4.69, 9.17) is 0 Å². The molecule has 1 aliphatic heterocycles. The summed E-state index contributed by atoms with van der Waals surface area (Å²) in [5, 5.41) is 6.53. The van der Waals surface area contributed by atoms with Crippen molar-refractivity contribution in [2.75, 3.05) is 13.1 Å². The van der Waals surface area contributed by atoms with Crippen LogP contribution in [0.2, 0.25) is 0 Å². The van der Waals surface area contributed by atoms with Crippen LogP contribution in [0, 0.1) is 5.92 Å². The summed E-state index contributed by atoms with van der Waals surface area (Å²) < 4.78 is 1.57. The molecule has 5 heteroatoms. The van der Waals surface area contributed by atoms with Crippen LogP contribution < -0.4 is 10.9 Å². The van der Waals surface area contributed by atoms with E-state index in [1.54, 1.807) is 10.6 Å².